The number of amides is 1. The van der Waals surface area contributed by atoms with E-state index in [1.807, 2.05) is 4.90 Å². The molecule has 7 nitrogen and oxygen atoms in total. The second-order valence-electron chi connectivity index (χ2n) is 6.61. The molecule has 4 rings (SSSR count). The van der Waals surface area contributed by atoms with Gasteiger partial charge in [-0.15, -0.1) is 0 Å². The Morgan fingerprint density at radius 3 is 2.92 bits per heavy atom. The molecule has 2 aromatic heterocycles. The van der Waals surface area contributed by atoms with Crippen LogP contribution in [0.25, 0.3) is 0 Å². The summed E-state index contributed by atoms with van der Waals surface area (Å²) in [4.78, 5) is 19.4. The lowest BCUT2D eigenvalue weighted by molar-refractivity contribution is 0.0587. The highest BCUT2D eigenvalue weighted by Crippen LogP contribution is 2.40. The Morgan fingerprint density at radius 2 is 2.21 bits per heavy atom. The zero-order valence-corrected chi connectivity index (χ0v) is 13.6. The summed E-state index contributed by atoms with van der Waals surface area (Å²) in [6.07, 6.45) is 6.73. The monoisotopic (exact) mass is 325 g/mol. The lowest BCUT2D eigenvalue weighted by Crippen LogP contribution is -2.39. The maximum Gasteiger partial charge on any atom is 0.271 e. The maximum absolute atomic E-state index is 13.0. The average Bonchev–Trinajstić information content (AvgIpc) is 3.21. The predicted octanol–water partition coefficient (Wildman–Crippen LogP) is 2.52. The number of nitriles is 1. The van der Waals surface area contributed by atoms with E-state index < -0.39 is 0 Å². The van der Waals surface area contributed by atoms with Crippen molar-refractivity contribution in [2.45, 2.75) is 44.1 Å². The molecule has 0 spiro atoms. The lowest BCUT2D eigenvalue weighted by Gasteiger charge is -2.33. The maximum atomic E-state index is 13.0. The highest BCUT2D eigenvalue weighted by molar-refractivity contribution is 5.93. The molecule has 3 heterocycles. The van der Waals surface area contributed by atoms with E-state index >= 15 is 0 Å². The molecule has 24 heavy (non-hydrogen) atoms. The van der Waals surface area contributed by atoms with E-state index in [0.29, 0.717) is 35.4 Å². The van der Waals surface area contributed by atoms with Crippen LogP contribution in [0.15, 0.2) is 16.8 Å². The third-order valence-electron chi connectivity index (χ3n) is 4.80. The number of aromatic nitrogens is 3. The number of nitrogens with zero attached hydrogens (tertiary/aromatic N) is 5. The van der Waals surface area contributed by atoms with Crippen LogP contribution in [0, 0.1) is 11.3 Å². The Morgan fingerprint density at radius 1 is 1.38 bits per heavy atom. The summed E-state index contributed by atoms with van der Waals surface area (Å²) < 4.78 is 7.08. The second kappa shape index (κ2) is 5.78. The highest BCUT2D eigenvalue weighted by Gasteiger charge is 2.35. The van der Waals surface area contributed by atoms with Crippen molar-refractivity contribution in [2.24, 2.45) is 7.05 Å². The van der Waals surface area contributed by atoms with Crippen molar-refractivity contribution in [2.75, 3.05) is 6.54 Å². The molecular weight excluding hydrogens is 306 g/mol. The SMILES string of the molecule is Cn1cc(C#N)cc1C(=O)N1CCCCC1c1noc(C2CC2)n1. The van der Waals surface area contributed by atoms with Gasteiger partial charge in [0.15, 0.2) is 5.82 Å². The first kappa shape index (κ1) is 14.9. The summed E-state index contributed by atoms with van der Waals surface area (Å²) in [5, 5.41) is 13.2. The molecule has 1 aliphatic heterocycles. The molecule has 0 aromatic carbocycles. The van der Waals surface area contributed by atoms with Gasteiger partial charge in [-0.1, -0.05) is 5.16 Å². The smallest absolute Gasteiger partial charge is 0.271 e. The van der Waals surface area contributed by atoms with Crippen LogP contribution in [0.2, 0.25) is 0 Å². The van der Waals surface area contributed by atoms with E-state index in [1.165, 1.54) is 0 Å². The van der Waals surface area contributed by atoms with Crippen molar-refractivity contribution >= 4 is 5.91 Å². The van der Waals surface area contributed by atoms with Crippen LogP contribution in [0.4, 0.5) is 0 Å². The Hall–Kier alpha value is -2.62. The van der Waals surface area contributed by atoms with E-state index in [-0.39, 0.29) is 11.9 Å². The molecule has 0 radical (unpaired) electrons. The highest BCUT2D eigenvalue weighted by atomic mass is 16.5. The number of aryl methyl sites for hydroxylation is 1. The summed E-state index contributed by atoms with van der Waals surface area (Å²) in [6, 6.07) is 3.57. The molecule has 2 aromatic rings. The number of carbonyl (C=O) groups is 1. The van der Waals surface area contributed by atoms with Crippen LogP contribution >= 0.6 is 0 Å². The second-order valence-corrected chi connectivity index (χ2v) is 6.61. The van der Waals surface area contributed by atoms with Gasteiger partial charge >= 0.3 is 0 Å². The quantitative estimate of drug-likeness (QED) is 0.865. The van der Waals surface area contributed by atoms with Gasteiger partial charge in [-0.2, -0.15) is 10.2 Å². The molecule has 2 aliphatic rings. The molecule has 1 unspecified atom stereocenters. The molecule has 124 valence electrons. The molecule has 1 saturated carbocycles. The number of carbonyl (C=O) groups excluding carboxylic acids is 1. The number of likely N-dealkylation sites (tertiary alicyclic amines) is 1. The minimum absolute atomic E-state index is 0.0820. The Kier molecular flexibility index (Phi) is 3.60. The van der Waals surface area contributed by atoms with Crippen LogP contribution in [-0.2, 0) is 7.05 Å². The summed E-state index contributed by atoms with van der Waals surface area (Å²) in [7, 11) is 1.78. The zero-order valence-electron chi connectivity index (χ0n) is 13.6. The van der Waals surface area contributed by atoms with Crippen molar-refractivity contribution in [1.29, 1.82) is 5.26 Å². The molecule has 1 aliphatic carbocycles. The van der Waals surface area contributed by atoms with Gasteiger partial charge in [0.2, 0.25) is 5.89 Å². The molecule has 0 bridgehead atoms. The summed E-state index contributed by atoms with van der Waals surface area (Å²) in [5.41, 5.74) is 1.01. The lowest BCUT2D eigenvalue weighted by atomic mass is 10.0. The normalized spacial score (nSPS) is 20.8. The van der Waals surface area contributed by atoms with Gasteiger partial charge < -0.3 is 14.0 Å². The molecule has 1 amide bonds. The standard InChI is InChI=1S/C17H19N5O2/c1-21-10-11(9-18)8-14(21)17(23)22-7-3-2-4-13(22)15-19-16(24-20-15)12-5-6-12/h8,10,12-13H,2-7H2,1H3. The minimum Gasteiger partial charge on any atom is -0.345 e. The van der Waals surface area contributed by atoms with Gasteiger partial charge in [0.05, 0.1) is 11.6 Å². The van der Waals surface area contributed by atoms with E-state index in [2.05, 4.69) is 16.2 Å². The van der Waals surface area contributed by atoms with Crippen molar-refractivity contribution < 1.29 is 9.32 Å². The first-order valence-electron chi connectivity index (χ1n) is 8.38. The topological polar surface area (TPSA) is 88.0 Å². The summed E-state index contributed by atoms with van der Waals surface area (Å²) in [5.74, 6) is 1.64. The Balaban J connectivity index is 1.62. The number of rotatable bonds is 3. The van der Waals surface area contributed by atoms with E-state index in [1.54, 1.807) is 23.9 Å². The first-order valence-corrected chi connectivity index (χ1v) is 8.38. The third-order valence-corrected chi connectivity index (χ3v) is 4.80. The van der Waals surface area contributed by atoms with Crippen LogP contribution in [0.5, 0.6) is 0 Å². The van der Waals surface area contributed by atoms with Gasteiger partial charge in [-0.3, -0.25) is 4.79 Å². The minimum atomic E-state index is -0.150. The third kappa shape index (κ3) is 2.58. The van der Waals surface area contributed by atoms with E-state index in [9.17, 15) is 4.79 Å². The first-order chi connectivity index (χ1) is 11.7. The van der Waals surface area contributed by atoms with Crippen LogP contribution in [0.3, 0.4) is 0 Å². The molecular formula is C17H19N5O2. The van der Waals surface area contributed by atoms with E-state index in [4.69, 9.17) is 9.78 Å². The fourth-order valence-corrected chi connectivity index (χ4v) is 3.31. The fraction of sp³-hybridized carbons (Fsp3) is 0.529. The number of hydrogen-bond donors (Lipinski definition) is 0. The Bertz CT molecular complexity index is 811. The van der Waals surface area contributed by atoms with Crippen LogP contribution < -0.4 is 0 Å². The molecule has 1 saturated heterocycles. The average molecular weight is 325 g/mol. The largest absolute Gasteiger partial charge is 0.345 e. The predicted molar refractivity (Wildman–Crippen MR) is 84.0 cm³/mol. The Labute approximate surface area is 139 Å². The molecule has 1 atom stereocenters. The van der Waals surface area contributed by atoms with Crippen molar-refractivity contribution in [3.63, 3.8) is 0 Å². The zero-order chi connectivity index (χ0) is 16.7. The van der Waals surface area contributed by atoms with Crippen molar-refractivity contribution in [3.05, 3.63) is 35.2 Å². The van der Waals surface area contributed by atoms with Crippen LogP contribution in [0.1, 0.15) is 71.8 Å². The van der Waals surface area contributed by atoms with Crippen molar-refractivity contribution in [1.82, 2.24) is 19.6 Å². The molecule has 0 N–H and O–H groups in total. The summed E-state index contributed by atoms with van der Waals surface area (Å²) >= 11 is 0. The van der Waals surface area contributed by atoms with Gasteiger partial charge in [0, 0.05) is 25.7 Å². The van der Waals surface area contributed by atoms with Crippen LogP contribution in [-0.4, -0.2) is 32.1 Å². The van der Waals surface area contributed by atoms with E-state index in [0.717, 1.165) is 32.1 Å². The molecule has 2 fully saturated rings. The number of hydrogen-bond acceptors (Lipinski definition) is 5. The van der Waals surface area contributed by atoms with Gasteiger partial charge in [0.1, 0.15) is 11.8 Å². The molecule has 7 heteroatoms. The van der Waals surface area contributed by atoms with Gasteiger partial charge in [-0.05, 0) is 38.2 Å². The fourth-order valence-electron chi connectivity index (χ4n) is 3.31. The van der Waals surface area contributed by atoms with Gasteiger partial charge in [0.25, 0.3) is 5.91 Å². The summed E-state index contributed by atoms with van der Waals surface area (Å²) in [6.45, 7) is 0.671. The van der Waals surface area contributed by atoms with Crippen molar-refractivity contribution in [3.8, 4) is 6.07 Å². The number of piperidine rings is 1. The van der Waals surface area contributed by atoms with Gasteiger partial charge in [-0.25, -0.2) is 0 Å².